The molecule has 0 radical (unpaired) electrons. The molecule has 8 nitrogen and oxygen atoms in total. The van der Waals surface area contributed by atoms with Crippen LogP contribution in [-0.4, -0.2) is 52.4 Å². The Morgan fingerprint density at radius 1 is 1.16 bits per heavy atom. The maximum Gasteiger partial charge on any atom is 0.265 e. The van der Waals surface area contributed by atoms with Crippen molar-refractivity contribution < 1.29 is 14.3 Å². The molecule has 1 atom stereocenters. The van der Waals surface area contributed by atoms with Crippen molar-refractivity contribution in [2.45, 2.75) is 72.4 Å². The molecule has 202 valence electrons. The summed E-state index contributed by atoms with van der Waals surface area (Å²) in [7, 11) is 0. The molecule has 0 saturated heterocycles. The molecule has 0 spiro atoms. The third-order valence-electron chi connectivity index (χ3n) is 7.75. The topological polar surface area (TPSA) is 84.7 Å². The summed E-state index contributed by atoms with van der Waals surface area (Å²) in [6.45, 7) is 10.6. The Morgan fingerprint density at radius 3 is 2.66 bits per heavy atom. The van der Waals surface area contributed by atoms with Gasteiger partial charge in [0.1, 0.15) is 16.4 Å². The first-order valence-electron chi connectivity index (χ1n) is 13.8. The van der Waals surface area contributed by atoms with Gasteiger partial charge in [0, 0.05) is 17.0 Å². The van der Waals surface area contributed by atoms with Crippen LogP contribution in [0.25, 0.3) is 10.2 Å². The van der Waals surface area contributed by atoms with Crippen LogP contribution in [0.5, 0.6) is 5.75 Å². The largest absolute Gasteiger partial charge is 0.482 e. The lowest BCUT2D eigenvalue weighted by Crippen LogP contribution is -2.39. The lowest BCUT2D eigenvalue weighted by Gasteiger charge is -2.29. The number of carbonyl (C=O) groups excluding carboxylic acids is 2. The van der Waals surface area contributed by atoms with E-state index < -0.39 is 6.04 Å². The number of hydrogen-bond donors (Lipinski definition) is 0. The average Bonchev–Trinajstić information content (AvgIpc) is 3.31. The Balaban J connectivity index is 1.60. The number of carbonyl (C=O) groups is 2. The molecule has 3 heterocycles. The van der Waals surface area contributed by atoms with Gasteiger partial charge in [0.25, 0.3) is 11.5 Å². The van der Waals surface area contributed by atoms with Crippen molar-refractivity contribution in [1.29, 1.82) is 0 Å². The highest BCUT2D eigenvalue weighted by molar-refractivity contribution is 7.18. The minimum Gasteiger partial charge on any atom is -0.482 e. The number of aryl methyl sites for hydroxylation is 2. The van der Waals surface area contributed by atoms with Gasteiger partial charge in [0.05, 0.1) is 23.7 Å². The maximum atomic E-state index is 14.1. The molecule has 0 N–H and O–H groups in total. The fraction of sp³-hybridized carbons (Fsp3) is 0.517. The van der Waals surface area contributed by atoms with E-state index in [1.54, 1.807) is 45.9 Å². The van der Waals surface area contributed by atoms with Crippen LogP contribution in [0.1, 0.15) is 79.6 Å². The number of thiophene rings is 1. The molecule has 3 aromatic rings. The Labute approximate surface area is 227 Å². The van der Waals surface area contributed by atoms with Crippen LogP contribution in [0.4, 0.5) is 5.69 Å². The van der Waals surface area contributed by atoms with E-state index in [-0.39, 0.29) is 23.9 Å². The maximum absolute atomic E-state index is 14.1. The summed E-state index contributed by atoms with van der Waals surface area (Å²) in [5.74, 6) is 0.909. The molecule has 38 heavy (non-hydrogen) atoms. The molecular weight excluding hydrogens is 500 g/mol. The molecule has 5 rings (SSSR count). The number of hydrogen-bond acceptors (Lipinski definition) is 7. The van der Waals surface area contributed by atoms with Gasteiger partial charge >= 0.3 is 0 Å². The Hall–Kier alpha value is -3.04. The van der Waals surface area contributed by atoms with Crippen LogP contribution in [0, 0.1) is 0 Å². The third kappa shape index (κ3) is 4.66. The summed E-state index contributed by atoms with van der Waals surface area (Å²) in [6, 6.07) is 4.46. The zero-order chi connectivity index (χ0) is 27.0. The van der Waals surface area contributed by atoms with Crippen LogP contribution >= 0.6 is 11.3 Å². The number of benzene rings is 1. The van der Waals surface area contributed by atoms with E-state index in [0.29, 0.717) is 41.3 Å². The fourth-order valence-corrected chi connectivity index (χ4v) is 6.87. The number of ether oxygens (including phenoxy) is 1. The predicted molar refractivity (Wildman–Crippen MR) is 151 cm³/mol. The second kappa shape index (κ2) is 11.0. The molecule has 0 bridgehead atoms. The zero-order valence-electron chi connectivity index (χ0n) is 22.7. The van der Waals surface area contributed by atoms with Crippen molar-refractivity contribution in [3.8, 4) is 5.75 Å². The van der Waals surface area contributed by atoms with Crippen LogP contribution in [0.2, 0.25) is 0 Å². The summed E-state index contributed by atoms with van der Waals surface area (Å²) in [5.41, 5.74) is 2.05. The first-order valence-corrected chi connectivity index (χ1v) is 14.6. The van der Waals surface area contributed by atoms with Gasteiger partial charge < -0.3 is 9.64 Å². The molecule has 1 aromatic carbocycles. The summed E-state index contributed by atoms with van der Waals surface area (Å²) >= 11 is 1.64. The first kappa shape index (κ1) is 26.6. The average molecular weight is 537 g/mol. The number of nitrogens with zero attached hydrogens (tertiary/aromatic N) is 4. The van der Waals surface area contributed by atoms with Gasteiger partial charge in [-0.25, -0.2) is 4.98 Å². The van der Waals surface area contributed by atoms with Gasteiger partial charge in [-0.3, -0.25) is 23.9 Å². The highest BCUT2D eigenvalue weighted by Gasteiger charge is 2.30. The molecule has 1 aliphatic heterocycles. The Kier molecular flexibility index (Phi) is 7.68. The molecule has 0 saturated carbocycles. The number of amides is 1. The monoisotopic (exact) mass is 536 g/mol. The highest BCUT2D eigenvalue weighted by Crippen LogP contribution is 2.36. The van der Waals surface area contributed by atoms with Crippen molar-refractivity contribution in [3.05, 3.63) is 50.4 Å². The normalized spacial score (nSPS) is 15.9. The molecule has 9 heteroatoms. The van der Waals surface area contributed by atoms with Crippen molar-refractivity contribution in [1.82, 2.24) is 14.5 Å². The molecule has 1 unspecified atom stereocenters. The van der Waals surface area contributed by atoms with Gasteiger partial charge in [-0.15, -0.1) is 11.3 Å². The molecule has 2 aromatic heterocycles. The van der Waals surface area contributed by atoms with Gasteiger partial charge in [0.15, 0.2) is 12.4 Å². The van der Waals surface area contributed by atoms with Gasteiger partial charge in [0.2, 0.25) is 0 Å². The van der Waals surface area contributed by atoms with E-state index in [2.05, 4.69) is 18.7 Å². The lowest BCUT2D eigenvalue weighted by molar-refractivity contribution is -0.121. The molecule has 1 aliphatic carbocycles. The standard InChI is InChI=1S/C29H36N4O4S/c1-5-14-32-21-15-19(12-13-22(21)37-17-25(32)34)27(35)18(4)33-24(16-31(6-2)7-3)30-28-26(29(33)36)20-10-8-9-11-23(20)38-28/h12-13,15,18H,5-11,14,16-17H2,1-4H3. The summed E-state index contributed by atoms with van der Waals surface area (Å²) in [5, 5.41) is 0.686. The van der Waals surface area contributed by atoms with Crippen molar-refractivity contribution in [3.63, 3.8) is 0 Å². The van der Waals surface area contributed by atoms with Crippen LogP contribution < -0.4 is 15.2 Å². The number of fused-ring (bicyclic) bond motifs is 4. The van der Waals surface area contributed by atoms with Crippen molar-refractivity contribution in [2.24, 2.45) is 0 Å². The van der Waals surface area contributed by atoms with Crippen molar-refractivity contribution in [2.75, 3.05) is 31.1 Å². The smallest absolute Gasteiger partial charge is 0.265 e. The van der Waals surface area contributed by atoms with Crippen molar-refractivity contribution >= 4 is 38.9 Å². The van der Waals surface area contributed by atoms with Gasteiger partial charge in [-0.05, 0) is 75.9 Å². The fourth-order valence-electron chi connectivity index (χ4n) is 5.60. The lowest BCUT2D eigenvalue weighted by atomic mass is 9.97. The Bertz CT molecular complexity index is 1440. The van der Waals surface area contributed by atoms with Gasteiger partial charge in [-0.1, -0.05) is 20.8 Å². The first-order chi connectivity index (χ1) is 18.4. The minimum atomic E-state index is -0.748. The molecule has 1 amide bonds. The Morgan fingerprint density at radius 2 is 1.92 bits per heavy atom. The van der Waals surface area contributed by atoms with E-state index in [0.717, 1.165) is 55.6 Å². The van der Waals surface area contributed by atoms with Crippen LogP contribution in [0.3, 0.4) is 0 Å². The number of aromatic nitrogens is 2. The predicted octanol–water partition coefficient (Wildman–Crippen LogP) is 4.76. The van der Waals surface area contributed by atoms with E-state index in [1.165, 1.54) is 4.88 Å². The number of anilines is 1. The zero-order valence-corrected chi connectivity index (χ0v) is 23.5. The quantitative estimate of drug-likeness (QED) is 0.367. The second-order valence-electron chi connectivity index (χ2n) is 10.1. The molecular formula is C29H36N4O4S. The van der Waals surface area contributed by atoms with E-state index in [9.17, 15) is 14.4 Å². The minimum absolute atomic E-state index is 0.00253. The molecule has 0 fully saturated rings. The number of rotatable bonds is 9. The van der Waals surface area contributed by atoms with E-state index in [1.807, 2.05) is 6.92 Å². The third-order valence-corrected chi connectivity index (χ3v) is 8.94. The van der Waals surface area contributed by atoms with E-state index >= 15 is 0 Å². The highest BCUT2D eigenvalue weighted by atomic mass is 32.1. The van der Waals surface area contributed by atoms with Crippen LogP contribution in [0.15, 0.2) is 23.0 Å². The van der Waals surface area contributed by atoms with E-state index in [4.69, 9.17) is 9.72 Å². The second-order valence-corrected chi connectivity index (χ2v) is 11.2. The summed E-state index contributed by atoms with van der Waals surface area (Å²) < 4.78 is 7.24. The summed E-state index contributed by atoms with van der Waals surface area (Å²) in [4.78, 5) is 51.5. The number of ketones is 1. The molecule has 2 aliphatic rings. The summed E-state index contributed by atoms with van der Waals surface area (Å²) in [6.07, 6.45) is 4.86. The SMILES string of the molecule is CCCN1C(=O)COc2ccc(C(=O)C(C)n3c(CN(CC)CC)nc4sc5c(c4c3=O)CCCC5)cc21. The van der Waals surface area contributed by atoms with Gasteiger partial charge in [-0.2, -0.15) is 0 Å². The number of Topliss-reactive ketones (excluding diaryl/α,β-unsaturated/α-hetero) is 1. The van der Waals surface area contributed by atoms with Crippen LogP contribution in [-0.2, 0) is 24.2 Å².